The van der Waals surface area contributed by atoms with Crippen LogP contribution in [0.3, 0.4) is 0 Å². The number of hydrogen-bond acceptors (Lipinski definition) is 3. The fourth-order valence-corrected chi connectivity index (χ4v) is 3.41. The number of aromatic nitrogens is 1. The van der Waals surface area contributed by atoms with Crippen molar-refractivity contribution < 1.29 is 13.2 Å². The number of anilines is 2. The van der Waals surface area contributed by atoms with Gasteiger partial charge in [0.2, 0.25) is 0 Å². The van der Waals surface area contributed by atoms with Gasteiger partial charge < -0.3 is 5.32 Å². The van der Waals surface area contributed by atoms with Crippen LogP contribution in [0.5, 0.6) is 0 Å². The third-order valence-electron chi connectivity index (χ3n) is 3.43. The van der Waals surface area contributed by atoms with Gasteiger partial charge in [-0.2, -0.15) is 13.2 Å². The highest BCUT2D eigenvalue weighted by molar-refractivity contribution is 7.16. The predicted molar refractivity (Wildman–Crippen MR) is 97.0 cm³/mol. The van der Waals surface area contributed by atoms with Gasteiger partial charge in [0.05, 0.1) is 21.3 Å². The Labute approximate surface area is 156 Å². The molecule has 2 nitrogen and oxygen atoms in total. The summed E-state index contributed by atoms with van der Waals surface area (Å²) in [5.74, 6) is 0. The lowest BCUT2D eigenvalue weighted by Gasteiger charge is -2.08. The summed E-state index contributed by atoms with van der Waals surface area (Å²) in [7, 11) is 0. The summed E-state index contributed by atoms with van der Waals surface area (Å²) in [5.41, 5.74) is 1.11. The van der Waals surface area contributed by atoms with E-state index in [4.69, 9.17) is 23.2 Å². The molecule has 0 unspecified atom stereocenters. The zero-order chi connectivity index (χ0) is 18.2. The van der Waals surface area contributed by atoms with E-state index in [9.17, 15) is 13.2 Å². The summed E-state index contributed by atoms with van der Waals surface area (Å²) < 4.78 is 38.4. The van der Waals surface area contributed by atoms with Gasteiger partial charge in [0.15, 0.2) is 5.13 Å². The Morgan fingerprint density at radius 1 is 1.04 bits per heavy atom. The largest absolute Gasteiger partial charge is 0.416 e. The number of alkyl halides is 3. The molecular formula is C17H11Cl2F3N2S. The Kier molecular flexibility index (Phi) is 4.95. The number of nitrogens with one attached hydrogen (secondary N) is 1. The first kappa shape index (κ1) is 18.0. The molecule has 0 amide bonds. The molecule has 130 valence electrons. The van der Waals surface area contributed by atoms with E-state index in [0.717, 1.165) is 22.6 Å². The number of aryl methyl sites for hydroxylation is 1. The smallest absolute Gasteiger partial charge is 0.332 e. The predicted octanol–water partition coefficient (Wildman–Crippen LogP) is 7.19. The van der Waals surface area contributed by atoms with Gasteiger partial charge in [-0.05, 0) is 37.3 Å². The molecule has 2 aromatic carbocycles. The molecule has 1 heterocycles. The highest BCUT2D eigenvalue weighted by atomic mass is 35.5. The van der Waals surface area contributed by atoms with Gasteiger partial charge in [-0.1, -0.05) is 35.3 Å². The average Bonchev–Trinajstić information content (AvgIpc) is 2.90. The molecule has 0 aliphatic rings. The van der Waals surface area contributed by atoms with Crippen molar-refractivity contribution in [1.29, 1.82) is 0 Å². The summed E-state index contributed by atoms with van der Waals surface area (Å²) in [5, 5.41) is 4.28. The first-order chi connectivity index (χ1) is 11.7. The van der Waals surface area contributed by atoms with Gasteiger partial charge in [0, 0.05) is 16.1 Å². The van der Waals surface area contributed by atoms with E-state index >= 15 is 0 Å². The number of benzene rings is 2. The highest BCUT2D eigenvalue weighted by Gasteiger charge is 2.30. The van der Waals surface area contributed by atoms with Crippen molar-refractivity contribution in [3.8, 4) is 11.3 Å². The minimum atomic E-state index is -4.39. The molecular weight excluding hydrogens is 392 g/mol. The first-order valence-corrected chi connectivity index (χ1v) is 8.68. The molecule has 0 saturated carbocycles. The second-order valence-electron chi connectivity index (χ2n) is 5.26. The average molecular weight is 403 g/mol. The van der Waals surface area contributed by atoms with Crippen LogP contribution in [0, 0.1) is 6.92 Å². The van der Waals surface area contributed by atoms with Crippen LogP contribution in [0.1, 0.15) is 10.4 Å². The van der Waals surface area contributed by atoms with E-state index < -0.39 is 11.7 Å². The van der Waals surface area contributed by atoms with E-state index in [-0.39, 0.29) is 0 Å². The Balaban J connectivity index is 1.89. The van der Waals surface area contributed by atoms with Crippen LogP contribution in [-0.4, -0.2) is 4.98 Å². The zero-order valence-corrected chi connectivity index (χ0v) is 15.1. The maximum Gasteiger partial charge on any atom is 0.416 e. The summed E-state index contributed by atoms with van der Waals surface area (Å²) in [6, 6.07) is 10.2. The highest BCUT2D eigenvalue weighted by Crippen LogP contribution is 2.36. The SMILES string of the molecule is Cc1sc(Nc2cccc(C(F)(F)F)c2)nc1-c1ccc(Cl)c(Cl)c1. The molecule has 0 spiro atoms. The fourth-order valence-electron chi connectivity index (χ4n) is 2.26. The van der Waals surface area contributed by atoms with E-state index in [1.54, 1.807) is 24.3 Å². The molecule has 0 radical (unpaired) electrons. The van der Waals surface area contributed by atoms with Crippen LogP contribution >= 0.6 is 34.5 Å². The van der Waals surface area contributed by atoms with E-state index in [2.05, 4.69) is 10.3 Å². The monoisotopic (exact) mass is 402 g/mol. The Morgan fingerprint density at radius 2 is 1.80 bits per heavy atom. The summed E-state index contributed by atoms with van der Waals surface area (Å²) in [4.78, 5) is 5.37. The molecule has 0 fully saturated rings. The topological polar surface area (TPSA) is 24.9 Å². The third-order valence-corrected chi connectivity index (χ3v) is 5.06. The molecule has 0 aliphatic carbocycles. The molecule has 0 bridgehead atoms. The minimum absolute atomic E-state index is 0.323. The van der Waals surface area contributed by atoms with Crippen molar-refractivity contribution in [2.24, 2.45) is 0 Å². The van der Waals surface area contributed by atoms with Gasteiger partial charge >= 0.3 is 6.18 Å². The van der Waals surface area contributed by atoms with Gasteiger partial charge in [0.1, 0.15) is 0 Å². The van der Waals surface area contributed by atoms with Crippen LogP contribution in [0.4, 0.5) is 24.0 Å². The number of thiazole rings is 1. The van der Waals surface area contributed by atoms with Crippen molar-refractivity contribution >= 4 is 45.4 Å². The fraction of sp³-hybridized carbons (Fsp3) is 0.118. The standard InChI is InChI=1S/C17H11Cl2F3N2S/c1-9-15(10-5-6-13(18)14(19)7-10)24-16(25-9)23-12-4-2-3-11(8-12)17(20,21)22/h2-8H,1H3,(H,23,24). The number of halogens is 5. The maximum absolute atomic E-state index is 12.8. The summed E-state index contributed by atoms with van der Waals surface area (Å²) >= 11 is 13.3. The van der Waals surface area contributed by atoms with Crippen molar-refractivity contribution in [2.75, 3.05) is 5.32 Å². The molecule has 0 atom stereocenters. The lowest BCUT2D eigenvalue weighted by molar-refractivity contribution is -0.137. The summed E-state index contributed by atoms with van der Waals surface area (Å²) in [6.07, 6.45) is -4.39. The third kappa shape index (κ3) is 4.08. The lowest BCUT2D eigenvalue weighted by Crippen LogP contribution is -2.05. The quantitative estimate of drug-likeness (QED) is 0.501. The molecule has 25 heavy (non-hydrogen) atoms. The second kappa shape index (κ2) is 6.86. The van der Waals surface area contributed by atoms with Crippen molar-refractivity contribution in [1.82, 2.24) is 4.98 Å². The lowest BCUT2D eigenvalue weighted by atomic mass is 10.1. The minimum Gasteiger partial charge on any atom is -0.332 e. The second-order valence-corrected chi connectivity index (χ2v) is 7.27. The number of hydrogen-bond donors (Lipinski definition) is 1. The van der Waals surface area contributed by atoms with Crippen LogP contribution in [-0.2, 0) is 6.18 Å². The van der Waals surface area contributed by atoms with Crippen LogP contribution in [0.2, 0.25) is 10.0 Å². The number of nitrogens with zero attached hydrogens (tertiary/aromatic N) is 1. The Hall–Kier alpha value is -1.76. The van der Waals surface area contributed by atoms with Crippen LogP contribution in [0.25, 0.3) is 11.3 Å². The van der Waals surface area contributed by atoms with Crippen LogP contribution in [0.15, 0.2) is 42.5 Å². The van der Waals surface area contributed by atoms with Crippen molar-refractivity contribution in [2.45, 2.75) is 13.1 Å². The molecule has 8 heteroatoms. The van der Waals surface area contributed by atoms with Crippen molar-refractivity contribution in [3.05, 3.63) is 63.0 Å². The summed E-state index contributed by atoms with van der Waals surface area (Å²) in [6.45, 7) is 1.88. The molecule has 0 saturated heterocycles. The van der Waals surface area contributed by atoms with Gasteiger partial charge in [0.25, 0.3) is 0 Å². The molecule has 0 aliphatic heterocycles. The van der Waals surface area contributed by atoms with E-state index in [1.165, 1.54) is 17.4 Å². The van der Waals surface area contributed by atoms with E-state index in [1.807, 2.05) is 6.92 Å². The molecule has 1 N–H and O–H groups in total. The van der Waals surface area contributed by atoms with Gasteiger partial charge in [-0.15, -0.1) is 11.3 Å². The normalized spacial score (nSPS) is 11.6. The molecule has 1 aromatic heterocycles. The van der Waals surface area contributed by atoms with Gasteiger partial charge in [-0.3, -0.25) is 0 Å². The first-order valence-electron chi connectivity index (χ1n) is 7.11. The van der Waals surface area contributed by atoms with Crippen LogP contribution < -0.4 is 5.32 Å². The Bertz CT molecular complexity index is 922. The number of rotatable bonds is 3. The zero-order valence-electron chi connectivity index (χ0n) is 12.8. The maximum atomic E-state index is 12.8. The molecule has 3 aromatic rings. The Morgan fingerprint density at radius 3 is 2.48 bits per heavy atom. The van der Waals surface area contributed by atoms with Gasteiger partial charge in [-0.25, -0.2) is 4.98 Å². The molecule has 3 rings (SSSR count). The van der Waals surface area contributed by atoms with Crippen molar-refractivity contribution in [3.63, 3.8) is 0 Å². The van der Waals surface area contributed by atoms with E-state index in [0.29, 0.717) is 26.6 Å².